The number of rotatable bonds is 4. The molecule has 0 fully saturated rings. The summed E-state index contributed by atoms with van der Waals surface area (Å²) >= 11 is 0. The maximum atomic E-state index is 11.9. The van der Waals surface area contributed by atoms with Gasteiger partial charge in [-0.25, -0.2) is 4.79 Å². The van der Waals surface area contributed by atoms with Crippen molar-refractivity contribution in [3.63, 3.8) is 0 Å². The van der Waals surface area contributed by atoms with Crippen molar-refractivity contribution in [1.82, 2.24) is 0 Å². The molecule has 0 aliphatic heterocycles. The molecule has 2 aromatic carbocycles. The molecule has 0 saturated heterocycles. The number of ether oxygens (including phenoxy) is 1. The first kappa shape index (κ1) is 16.7. The number of aryl methyl sites for hydroxylation is 3. The number of nitro benzene ring substituents is 1. The van der Waals surface area contributed by atoms with Crippen LogP contribution in [0.2, 0.25) is 0 Å². The van der Waals surface area contributed by atoms with Gasteiger partial charge in [0.15, 0.2) is 5.75 Å². The van der Waals surface area contributed by atoms with E-state index in [-0.39, 0.29) is 18.0 Å². The fraction of sp³-hybridized carbons (Fsp3) is 0.211. The van der Waals surface area contributed by atoms with Crippen molar-refractivity contribution < 1.29 is 14.1 Å². The molecule has 0 radical (unpaired) electrons. The van der Waals surface area contributed by atoms with E-state index in [1.165, 1.54) is 12.1 Å². The topological polar surface area (TPSA) is 82.6 Å². The van der Waals surface area contributed by atoms with Gasteiger partial charge in [0, 0.05) is 23.1 Å². The molecule has 1 heterocycles. The second kappa shape index (κ2) is 6.39. The quantitative estimate of drug-likeness (QED) is 0.404. The lowest BCUT2D eigenvalue weighted by atomic mass is 10.0. The summed E-state index contributed by atoms with van der Waals surface area (Å²) in [5.41, 5.74) is 3.25. The van der Waals surface area contributed by atoms with Gasteiger partial charge in [-0.05, 0) is 43.5 Å². The van der Waals surface area contributed by atoms with Crippen LogP contribution in [-0.4, -0.2) is 4.92 Å². The average Bonchev–Trinajstić information content (AvgIpc) is 2.57. The zero-order valence-electron chi connectivity index (χ0n) is 14.2. The van der Waals surface area contributed by atoms with Gasteiger partial charge in [0.1, 0.15) is 12.2 Å². The molecule has 3 aromatic rings. The van der Waals surface area contributed by atoms with E-state index in [4.69, 9.17) is 9.15 Å². The van der Waals surface area contributed by atoms with Crippen molar-refractivity contribution in [3.8, 4) is 5.75 Å². The summed E-state index contributed by atoms with van der Waals surface area (Å²) in [5.74, 6) is 0.167. The standard InChI is InChI=1S/C19H17NO5/c1-11-4-7-17(16(8-11)20(22)23)24-10-14-9-18(21)25-19-13(3)12(2)5-6-15(14)19/h4-9H,10H2,1-3H3. The Hall–Kier alpha value is -3.15. The summed E-state index contributed by atoms with van der Waals surface area (Å²) < 4.78 is 11.0. The monoisotopic (exact) mass is 339 g/mol. The molecule has 0 atom stereocenters. The molecule has 0 N–H and O–H groups in total. The van der Waals surface area contributed by atoms with Crippen LogP contribution in [0.5, 0.6) is 5.75 Å². The first-order valence-corrected chi connectivity index (χ1v) is 7.77. The Balaban J connectivity index is 2.01. The number of hydrogen-bond donors (Lipinski definition) is 0. The van der Waals surface area contributed by atoms with Gasteiger partial charge in [0.25, 0.3) is 0 Å². The van der Waals surface area contributed by atoms with E-state index in [0.717, 1.165) is 22.1 Å². The Morgan fingerprint density at radius 1 is 1.12 bits per heavy atom. The third-order valence-electron chi connectivity index (χ3n) is 4.21. The lowest BCUT2D eigenvalue weighted by molar-refractivity contribution is -0.386. The fourth-order valence-corrected chi connectivity index (χ4v) is 2.69. The van der Waals surface area contributed by atoms with E-state index in [1.807, 2.05) is 26.0 Å². The molecule has 128 valence electrons. The van der Waals surface area contributed by atoms with Gasteiger partial charge in [-0.2, -0.15) is 0 Å². The molecular weight excluding hydrogens is 322 g/mol. The van der Waals surface area contributed by atoms with Crippen LogP contribution < -0.4 is 10.4 Å². The van der Waals surface area contributed by atoms with Gasteiger partial charge in [0.05, 0.1) is 4.92 Å². The first-order valence-electron chi connectivity index (χ1n) is 7.77. The van der Waals surface area contributed by atoms with Crippen LogP contribution in [0.15, 0.2) is 45.6 Å². The van der Waals surface area contributed by atoms with Crippen LogP contribution in [-0.2, 0) is 6.61 Å². The summed E-state index contributed by atoms with van der Waals surface area (Å²) in [6, 6.07) is 9.93. The summed E-state index contributed by atoms with van der Waals surface area (Å²) in [5, 5.41) is 12.0. The summed E-state index contributed by atoms with van der Waals surface area (Å²) in [6.07, 6.45) is 0. The minimum Gasteiger partial charge on any atom is -0.482 e. The maximum absolute atomic E-state index is 11.9. The second-order valence-electron chi connectivity index (χ2n) is 5.99. The summed E-state index contributed by atoms with van der Waals surface area (Å²) in [4.78, 5) is 22.6. The zero-order chi connectivity index (χ0) is 18.1. The van der Waals surface area contributed by atoms with Gasteiger partial charge in [0.2, 0.25) is 0 Å². The molecule has 0 saturated carbocycles. The maximum Gasteiger partial charge on any atom is 0.336 e. The largest absolute Gasteiger partial charge is 0.482 e. The smallest absolute Gasteiger partial charge is 0.336 e. The number of benzene rings is 2. The highest BCUT2D eigenvalue weighted by molar-refractivity contribution is 5.83. The van der Waals surface area contributed by atoms with E-state index < -0.39 is 10.5 Å². The third-order valence-corrected chi connectivity index (χ3v) is 4.21. The molecular formula is C19H17NO5. The van der Waals surface area contributed by atoms with Crippen LogP contribution >= 0.6 is 0 Å². The van der Waals surface area contributed by atoms with Gasteiger partial charge in [-0.1, -0.05) is 18.2 Å². The predicted molar refractivity (Wildman–Crippen MR) is 94.1 cm³/mol. The van der Waals surface area contributed by atoms with Crippen molar-refractivity contribution in [2.24, 2.45) is 0 Å². The zero-order valence-corrected chi connectivity index (χ0v) is 14.2. The van der Waals surface area contributed by atoms with Crippen LogP contribution in [0.25, 0.3) is 11.0 Å². The number of fused-ring (bicyclic) bond motifs is 1. The molecule has 0 bridgehead atoms. The Bertz CT molecular complexity index is 1040. The summed E-state index contributed by atoms with van der Waals surface area (Å²) in [6.45, 7) is 5.63. The molecule has 0 aliphatic carbocycles. The van der Waals surface area contributed by atoms with E-state index in [9.17, 15) is 14.9 Å². The van der Waals surface area contributed by atoms with Crippen LogP contribution in [0, 0.1) is 30.9 Å². The molecule has 0 aliphatic rings. The van der Waals surface area contributed by atoms with E-state index in [2.05, 4.69) is 0 Å². The highest BCUT2D eigenvalue weighted by Gasteiger charge is 2.16. The SMILES string of the molecule is Cc1ccc(OCc2cc(=O)oc3c(C)c(C)ccc23)c([N+](=O)[O-])c1. The Kier molecular flexibility index (Phi) is 4.27. The highest BCUT2D eigenvalue weighted by Crippen LogP contribution is 2.30. The predicted octanol–water partition coefficient (Wildman–Crippen LogP) is 4.21. The Labute approximate surface area is 143 Å². The highest BCUT2D eigenvalue weighted by atomic mass is 16.6. The van der Waals surface area contributed by atoms with Gasteiger partial charge < -0.3 is 9.15 Å². The van der Waals surface area contributed by atoms with Crippen LogP contribution in [0.3, 0.4) is 0 Å². The molecule has 6 nitrogen and oxygen atoms in total. The Morgan fingerprint density at radius 3 is 2.60 bits per heavy atom. The van der Waals surface area contributed by atoms with Gasteiger partial charge in [-0.15, -0.1) is 0 Å². The minimum absolute atomic E-state index is 0.0362. The number of hydrogen-bond acceptors (Lipinski definition) is 5. The first-order chi connectivity index (χ1) is 11.9. The van der Waals surface area contributed by atoms with Crippen molar-refractivity contribution in [2.75, 3.05) is 0 Å². The van der Waals surface area contributed by atoms with Crippen LogP contribution in [0.1, 0.15) is 22.3 Å². The molecule has 1 aromatic heterocycles. The second-order valence-corrected chi connectivity index (χ2v) is 5.99. The normalized spacial score (nSPS) is 10.8. The van der Waals surface area contributed by atoms with Crippen molar-refractivity contribution >= 4 is 16.7 Å². The molecule has 3 rings (SSSR count). The van der Waals surface area contributed by atoms with E-state index in [0.29, 0.717) is 11.1 Å². The Morgan fingerprint density at radius 2 is 1.88 bits per heavy atom. The lowest BCUT2D eigenvalue weighted by Crippen LogP contribution is -2.06. The minimum atomic E-state index is -0.479. The fourth-order valence-electron chi connectivity index (χ4n) is 2.69. The number of nitrogens with zero attached hydrogens (tertiary/aromatic N) is 1. The number of nitro groups is 1. The van der Waals surface area contributed by atoms with Crippen molar-refractivity contribution in [2.45, 2.75) is 27.4 Å². The van der Waals surface area contributed by atoms with Gasteiger partial charge in [-0.3, -0.25) is 10.1 Å². The van der Waals surface area contributed by atoms with Crippen LogP contribution in [0.4, 0.5) is 5.69 Å². The molecule has 0 unspecified atom stereocenters. The molecule has 25 heavy (non-hydrogen) atoms. The van der Waals surface area contributed by atoms with Crippen molar-refractivity contribution in [1.29, 1.82) is 0 Å². The lowest BCUT2D eigenvalue weighted by Gasteiger charge is -2.11. The van der Waals surface area contributed by atoms with Gasteiger partial charge >= 0.3 is 11.3 Å². The summed E-state index contributed by atoms with van der Waals surface area (Å²) in [7, 11) is 0. The molecule has 0 amide bonds. The van der Waals surface area contributed by atoms with E-state index in [1.54, 1.807) is 19.1 Å². The molecule has 0 spiro atoms. The van der Waals surface area contributed by atoms with E-state index >= 15 is 0 Å². The average molecular weight is 339 g/mol. The van der Waals surface area contributed by atoms with Crippen molar-refractivity contribution in [3.05, 3.63) is 79.2 Å². The molecule has 6 heteroatoms. The third kappa shape index (κ3) is 3.24.